The lowest BCUT2D eigenvalue weighted by Gasteiger charge is -2.31. The Morgan fingerprint density at radius 2 is 1.95 bits per heavy atom. The Bertz CT molecular complexity index is 650. The molecule has 0 radical (unpaired) electrons. The average molecular weight is 300 g/mol. The zero-order valence-electron chi connectivity index (χ0n) is 11.2. The molecular formula is C12H16N2O5S. The van der Waals surface area contributed by atoms with E-state index in [2.05, 4.69) is 4.72 Å². The van der Waals surface area contributed by atoms with Crippen LogP contribution in [-0.4, -0.2) is 30.6 Å². The molecule has 0 bridgehead atoms. The van der Waals surface area contributed by atoms with Gasteiger partial charge in [0, 0.05) is 17.7 Å². The fourth-order valence-corrected chi connectivity index (χ4v) is 3.49. The molecule has 0 heterocycles. The lowest BCUT2D eigenvalue weighted by molar-refractivity contribution is -0.385. The van der Waals surface area contributed by atoms with E-state index in [1.807, 2.05) is 0 Å². The molecule has 1 aliphatic rings. The molecule has 1 aromatic carbocycles. The van der Waals surface area contributed by atoms with Crippen LogP contribution in [0.5, 0.6) is 0 Å². The quantitative estimate of drug-likeness (QED) is 0.637. The number of rotatable bonds is 4. The molecule has 0 atom stereocenters. The van der Waals surface area contributed by atoms with Gasteiger partial charge in [0.25, 0.3) is 5.69 Å². The fraction of sp³-hybridized carbons (Fsp3) is 0.500. The van der Waals surface area contributed by atoms with Crippen LogP contribution in [0.4, 0.5) is 5.69 Å². The zero-order valence-corrected chi connectivity index (χ0v) is 12.0. The third-order valence-corrected chi connectivity index (χ3v) is 5.06. The number of aryl methyl sites for hydroxylation is 1. The van der Waals surface area contributed by atoms with Crippen molar-refractivity contribution in [2.24, 2.45) is 0 Å². The molecule has 0 saturated heterocycles. The topological polar surface area (TPSA) is 110 Å². The van der Waals surface area contributed by atoms with E-state index < -0.39 is 21.1 Å². The molecule has 2 rings (SSSR count). The first-order valence-electron chi connectivity index (χ1n) is 6.16. The summed E-state index contributed by atoms with van der Waals surface area (Å²) in [5.74, 6) is 0. The highest BCUT2D eigenvalue weighted by Crippen LogP contribution is 2.27. The number of nitro groups is 1. The van der Waals surface area contributed by atoms with Crippen LogP contribution in [0.3, 0.4) is 0 Å². The molecule has 110 valence electrons. The van der Waals surface area contributed by atoms with Crippen molar-refractivity contribution in [3.63, 3.8) is 0 Å². The molecular weight excluding hydrogens is 284 g/mol. The van der Waals surface area contributed by atoms with Gasteiger partial charge in [0.15, 0.2) is 0 Å². The van der Waals surface area contributed by atoms with Gasteiger partial charge in [-0.3, -0.25) is 10.1 Å². The van der Waals surface area contributed by atoms with Crippen LogP contribution < -0.4 is 4.72 Å². The van der Waals surface area contributed by atoms with Gasteiger partial charge in [-0.2, -0.15) is 0 Å². The second-order valence-corrected chi connectivity index (χ2v) is 6.80. The van der Waals surface area contributed by atoms with Gasteiger partial charge >= 0.3 is 0 Å². The van der Waals surface area contributed by atoms with Crippen molar-refractivity contribution in [3.05, 3.63) is 33.4 Å². The van der Waals surface area contributed by atoms with Gasteiger partial charge in [0.1, 0.15) is 0 Å². The van der Waals surface area contributed by atoms with Crippen LogP contribution in [0.15, 0.2) is 17.0 Å². The predicted molar refractivity (Wildman–Crippen MR) is 71.9 cm³/mol. The summed E-state index contributed by atoms with van der Waals surface area (Å²) in [6.45, 7) is 3.22. The molecule has 0 amide bonds. The Kier molecular flexibility index (Phi) is 3.81. The molecule has 1 aliphatic carbocycles. The standard InChI is InChI=1S/C12H16N2O5S/c1-7-3-11(6-12(8(7)2)14(16)17)20(18,19)13-9-4-10(15)5-9/h3,6,9-10,13,15H,4-5H2,1-2H3. The van der Waals surface area contributed by atoms with Gasteiger partial charge in [-0.15, -0.1) is 0 Å². The summed E-state index contributed by atoms with van der Waals surface area (Å²) in [6, 6.07) is 2.18. The molecule has 2 N–H and O–H groups in total. The van der Waals surface area contributed by atoms with Crippen molar-refractivity contribution in [2.75, 3.05) is 0 Å². The second-order valence-electron chi connectivity index (χ2n) is 5.08. The number of aliphatic hydroxyl groups is 1. The molecule has 0 unspecified atom stereocenters. The summed E-state index contributed by atoms with van der Waals surface area (Å²) in [5.41, 5.74) is 0.792. The molecule has 0 aromatic heterocycles. The monoisotopic (exact) mass is 300 g/mol. The van der Waals surface area contributed by atoms with E-state index in [0.29, 0.717) is 24.0 Å². The Balaban J connectivity index is 2.34. The minimum atomic E-state index is -3.80. The van der Waals surface area contributed by atoms with Crippen molar-refractivity contribution < 1.29 is 18.4 Å². The number of nitrogens with zero attached hydrogens (tertiary/aromatic N) is 1. The normalized spacial score (nSPS) is 22.4. The first-order valence-corrected chi connectivity index (χ1v) is 7.65. The Hall–Kier alpha value is -1.51. The molecule has 20 heavy (non-hydrogen) atoms. The molecule has 0 aliphatic heterocycles. The van der Waals surface area contributed by atoms with Crippen molar-refractivity contribution in [1.82, 2.24) is 4.72 Å². The maximum Gasteiger partial charge on any atom is 0.273 e. The molecule has 1 aromatic rings. The number of nitro benzene ring substituents is 1. The number of aliphatic hydroxyl groups excluding tert-OH is 1. The lowest BCUT2D eigenvalue weighted by Crippen LogP contribution is -2.46. The summed E-state index contributed by atoms with van der Waals surface area (Å²) in [5, 5.41) is 20.1. The Morgan fingerprint density at radius 3 is 2.45 bits per heavy atom. The smallest absolute Gasteiger partial charge is 0.273 e. The van der Waals surface area contributed by atoms with E-state index >= 15 is 0 Å². The van der Waals surface area contributed by atoms with E-state index in [-0.39, 0.29) is 16.6 Å². The number of benzene rings is 1. The Labute approximate surface area is 116 Å². The van der Waals surface area contributed by atoms with Gasteiger partial charge in [-0.1, -0.05) is 0 Å². The minimum absolute atomic E-state index is 0.117. The van der Waals surface area contributed by atoms with Crippen molar-refractivity contribution in [3.8, 4) is 0 Å². The van der Waals surface area contributed by atoms with Crippen LogP contribution in [0.2, 0.25) is 0 Å². The van der Waals surface area contributed by atoms with Gasteiger partial charge in [-0.25, -0.2) is 13.1 Å². The summed E-state index contributed by atoms with van der Waals surface area (Å²) in [6.07, 6.45) is 0.259. The third kappa shape index (κ3) is 2.82. The molecule has 1 saturated carbocycles. The second kappa shape index (κ2) is 5.12. The van der Waals surface area contributed by atoms with E-state index in [1.165, 1.54) is 6.07 Å². The number of sulfonamides is 1. The maximum absolute atomic E-state index is 12.2. The van der Waals surface area contributed by atoms with Crippen molar-refractivity contribution in [2.45, 2.75) is 43.7 Å². The minimum Gasteiger partial charge on any atom is -0.393 e. The molecule has 1 fully saturated rings. The highest BCUT2D eigenvalue weighted by Gasteiger charge is 2.32. The SMILES string of the molecule is Cc1cc(S(=O)(=O)NC2CC(O)C2)cc([N+](=O)[O-])c1C. The Morgan fingerprint density at radius 1 is 1.35 bits per heavy atom. The average Bonchev–Trinajstić information content (AvgIpc) is 2.29. The van der Waals surface area contributed by atoms with Crippen LogP contribution >= 0.6 is 0 Å². The van der Waals surface area contributed by atoms with E-state index in [9.17, 15) is 18.5 Å². The predicted octanol–water partition coefficient (Wildman–Crippen LogP) is 1.01. The van der Waals surface area contributed by atoms with Crippen molar-refractivity contribution in [1.29, 1.82) is 0 Å². The molecule has 0 spiro atoms. The highest BCUT2D eigenvalue weighted by atomic mass is 32.2. The van der Waals surface area contributed by atoms with Gasteiger partial charge in [0.2, 0.25) is 10.0 Å². The van der Waals surface area contributed by atoms with E-state index in [0.717, 1.165) is 6.07 Å². The van der Waals surface area contributed by atoms with Crippen LogP contribution in [0.1, 0.15) is 24.0 Å². The zero-order chi connectivity index (χ0) is 15.1. The summed E-state index contributed by atoms with van der Waals surface area (Å²) >= 11 is 0. The van der Waals surface area contributed by atoms with Crippen molar-refractivity contribution >= 4 is 15.7 Å². The van der Waals surface area contributed by atoms with E-state index in [1.54, 1.807) is 13.8 Å². The summed E-state index contributed by atoms with van der Waals surface area (Å²) < 4.78 is 26.8. The van der Waals surface area contributed by atoms with Crippen LogP contribution in [0.25, 0.3) is 0 Å². The highest BCUT2D eigenvalue weighted by molar-refractivity contribution is 7.89. The number of hydrogen-bond acceptors (Lipinski definition) is 5. The van der Waals surface area contributed by atoms with E-state index in [4.69, 9.17) is 5.11 Å². The molecule has 7 nitrogen and oxygen atoms in total. The van der Waals surface area contributed by atoms with Gasteiger partial charge in [0.05, 0.1) is 15.9 Å². The number of hydrogen-bond donors (Lipinski definition) is 2. The summed E-state index contributed by atoms with van der Waals surface area (Å²) in [4.78, 5) is 10.2. The summed E-state index contributed by atoms with van der Waals surface area (Å²) in [7, 11) is -3.80. The first kappa shape index (κ1) is 14.9. The fourth-order valence-electron chi connectivity index (χ4n) is 2.12. The molecule has 8 heteroatoms. The third-order valence-electron chi connectivity index (χ3n) is 3.56. The van der Waals surface area contributed by atoms with Crippen LogP contribution in [0, 0.1) is 24.0 Å². The largest absolute Gasteiger partial charge is 0.393 e. The number of nitrogens with one attached hydrogen (secondary N) is 1. The lowest BCUT2D eigenvalue weighted by atomic mass is 9.91. The van der Waals surface area contributed by atoms with Gasteiger partial charge in [-0.05, 0) is 38.3 Å². The first-order chi connectivity index (χ1) is 9.20. The van der Waals surface area contributed by atoms with Crippen LogP contribution in [-0.2, 0) is 10.0 Å². The van der Waals surface area contributed by atoms with Gasteiger partial charge < -0.3 is 5.11 Å². The maximum atomic E-state index is 12.2.